The van der Waals surface area contributed by atoms with Gasteiger partial charge in [-0.05, 0) is 29.8 Å². The van der Waals surface area contributed by atoms with Gasteiger partial charge >= 0.3 is 0 Å². The maximum Gasteiger partial charge on any atom is 0.182 e. The molecule has 0 bridgehead atoms. The molecule has 7 heteroatoms. The van der Waals surface area contributed by atoms with Crippen molar-refractivity contribution >= 4 is 11.6 Å². The van der Waals surface area contributed by atoms with Gasteiger partial charge in [-0.15, -0.1) is 0 Å². The van der Waals surface area contributed by atoms with E-state index in [-0.39, 0.29) is 5.82 Å². The third-order valence-corrected chi connectivity index (χ3v) is 4.71. The van der Waals surface area contributed by atoms with E-state index in [1.54, 1.807) is 18.5 Å². The molecule has 5 nitrogen and oxygen atoms in total. The summed E-state index contributed by atoms with van der Waals surface area (Å²) in [6.07, 6.45) is 4.33. The number of benzene rings is 1. The topological polar surface area (TPSA) is 46.8 Å². The first kappa shape index (κ1) is 16.2. The van der Waals surface area contributed by atoms with Gasteiger partial charge in [-0.3, -0.25) is 9.88 Å². The first-order chi connectivity index (χ1) is 12.2. The van der Waals surface area contributed by atoms with E-state index in [4.69, 9.17) is 11.6 Å². The van der Waals surface area contributed by atoms with Gasteiger partial charge in [-0.2, -0.15) is 5.10 Å². The summed E-state index contributed by atoms with van der Waals surface area (Å²) in [5.41, 5.74) is 1.87. The fourth-order valence-corrected chi connectivity index (χ4v) is 3.24. The van der Waals surface area contributed by atoms with Gasteiger partial charge in [-0.1, -0.05) is 17.7 Å². The molecule has 1 aliphatic rings. The van der Waals surface area contributed by atoms with Crippen LogP contribution in [0.4, 0.5) is 4.39 Å². The van der Waals surface area contributed by atoms with Crippen molar-refractivity contribution in [2.45, 2.75) is 19.5 Å². The molecule has 1 aliphatic heterocycles. The lowest BCUT2D eigenvalue weighted by atomic mass is 10.2. The molecule has 128 valence electrons. The monoisotopic (exact) mass is 357 g/mol. The minimum Gasteiger partial charge on any atom is -0.297 e. The summed E-state index contributed by atoms with van der Waals surface area (Å²) in [4.78, 5) is 11.1. The Kier molecular flexibility index (Phi) is 4.46. The van der Waals surface area contributed by atoms with Gasteiger partial charge < -0.3 is 0 Å². The lowest BCUT2D eigenvalue weighted by Crippen LogP contribution is -2.26. The molecule has 0 saturated carbocycles. The van der Waals surface area contributed by atoms with Crippen LogP contribution in [0.2, 0.25) is 5.02 Å². The van der Waals surface area contributed by atoms with Crippen molar-refractivity contribution in [1.82, 2.24) is 24.6 Å². The standard InChI is InChI=1S/C18H17ClFN5/c19-16-10-15(20)4-3-14(16)12-24-7-5-17-22-18(23-25(17)9-8-24)13-2-1-6-21-11-13/h1-4,6,10-11H,5,7-9,12H2. The van der Waals surface area contributed by atoms with Crippen LogP contribution in [0.1, 0.15) is 11.4 Å². The van der Waals surface area contributed by atoms with Crippen LogP contribution in [0.15, 0.2) is 42.7 Å². The van der Waals surface area contributed by atoms with Gasteiger partial charge in [0.2, 0.25) is 0 Å². The SMILES string of the molecule is Fc1ccc(CN2CCc3nc(-c4cccnc4)nn3CC2)c(Cl)c1. The average Bonchev–Trinajstić information content (AvgIpc) is 2.94. The Morgan fingerprint density at radius 3 is 2.88 bits per heavy atom. The summed E-state index contributed by atoms with van der Waals surface area (Å²) >= 11 is 6.14. The van der Waals surface area contributed by atoms with E-state index in [0.717, 1.165) is 48.8 Å². The van der Waals surface area contributed by atoms with Gasteiger partial charge in [0.1, 0.15) is 11.6 Å². The number of nitrogens with zero attached hydrogens (tertiary/aromatic N) is 5. The minimum absolute atomic E-state index is 0.308. The molecule has 0 aliphatic carbocycles. The Hall–Kier alpha value is -2.31. The molecular formula is C18H17ClFN5. The highest BCUT2D eigenvalue weighted by atomic mass is 35.5. The number of rotatable bonds is 3. The van der Waals surface area contributed by atoms with Crippen molar-refractivity contribution in [2.24, 2.45) is 0 Å². The molecule has 0 fully saturated rings. The third kappa shape index (κ3) is 3.55. The van der Waals surface area contributed by atoms with Crippen molar-refractivity contribution in [1.29, 1.82) is 0 Å². The second-order valence-corrected chi connectivity index (χ2v) is 6.49. The maximum atomic E-state index is 13.2. The molecule has 0 N–H and O–H groups in total. The van der Waals surface area contributed by atoms with Crippen LogP contribution in [0.5, 0.6) is 0 Å². The van der Waals surface area contributed by atoms with E-state index in [2.05, 4.69) is 20.0 Å². The predicted octanol–water partition coefficient (Wildman–Crippen LogP) is 3.19. The molecule has 3 heterocycles. The van der Waals surface area contributed by atoms with Gasteiger partial charge in [0.25, 0.3) is 0 Å². The fourth-order valence-electron chi connectivity index (χ4n) is 3.01. The molecule has 0 amide bonds. The molecule has 0 radical (unpaired) electrons. The molecule has 25 heavy (non-hydrogen) atoms. The van der Waals surface area contributed by atoms with E-state index in [9.17, 15) is 4.39 Å². The smallest absolute Gasteiger partial charge is 0.182 e. The van der Waals surface area contributed by atoms with Crippen molar-refractivity contribution in [3.05, 3.63) is 65.0 Å². The molecule has 2 aromatic heterocycles. The van der Waals surface area contributed by atoms with E-state index in [0.29, 0.717) is 11.6 Å². The molecular weight excluding hydrogens is 341 g/mol. The molecule has 0 saturated heterocycles. The Morgan fingerprint density at radius 2 is 2.08 bits per heavy atom. The lowest BCUT2D eigenvalue weighted by Gasteiger charge is -2.20. The first-order valence-corrected chi connectivity index (χ1v) is 8.57. The number of fused-ring (bicyclic) bond motifs is 1. The van der Waals surface area contributed by atoms with Crippen molar-refractivity contribution < 1.29 is 4.39 Å². The maximum absolute atomic E-state index is 13.2. The number of halogens is 2. The molecule has 0 atom stereocenters. The van der Waals surface area contributed by atoms with Gasteiger partial charge in [0, 0.05) is 49.0 Å². The van der Waals surface area contributed by atoms with Gasteiger partial charge in [0.05, 0.1) is 6.54 Å². The second kappa shape index (κ2) is 6.90. The van der Waals surface area contributed by atoms with E-state index >= 15 is 0 Å². The van der Waals surface area contributed by atoms with Crippen LogP contribution in [0, 0.1) is 5.82 Å². The third-order valence-electron chi connectivity index (χ3n) is 4.36. The Morgan fingerprint density at radius 1 is 1.16 bits per heavy atom. The van der Waals surface area contributed by atoms with Crippen molar-refractivity contribution in [3.8, 4) is 11.4 Å². The lowest BCUT2D eigenvalue weighted by molar-refractivity contribution is 0.269. The molecule has 4 rings (SSSR count). The Balaban J connectivity index is 1.47. The highest BCUT2D eigenvalue weighted by Crippen LogP contribution is 2.21. The minimum atomic E-state index is -0.308. The van der Waals surface area contributed by atoms with Gasteiger partial charge in [0.15, 0.2) is 5.82 Å². The number of hydrogen-bond donors (Lipinski definition) is 0. The van der Waals surface area contributed by atoms with E-state index < -0.39 is 0 Å². The number of pyridine rings is 1. The molecule has 0 unspecified atom stereocenters. The normalized spacial score (nSPS) is 15.0. The predicted molar refractivity (Wildman–Crippen MR) is 93.6 cm³/mol. The summed E-state index contributed by atoms with van der Waals surface area (Å²) in [5, 5.41) is 5.09. The van der Waals surface area contributed by atoms with Gasteiger partial charge in [-0.25, -0.2) is 14.1 Å². The van der Waals surface area contributed by atoms with Crippen molar-refractivity contribution in [2.75, 3.05) is 13.1 Å². The largest absolute Gasteiger partial charge is 0.297 e. The van der Waals surface area contributed by atoms with Crippen LogP contribution in [-0.2, 0) is 19.5 Å². The highest BCUT2D eigenvalue weighted by Gasteiger charge is 2.19. The quantitative estimate of drug-likeness (QED) is 0.722. The van der Waals surface area contributed by atoms with Crippen LogP contribution < -0.4 is 0 Å². The molecule has 3 aromatic rings. The summed E-state index contributed by atoms with van der Waals surface area (Å²) < 4.78 is 15.2. The summed E-state index contributed by atoms with van der Waals surface area (Å²) in [7, 11) is 0. The summed E-state index contributed by atoms with van der Waals surface area (Å²) in [6, 6.07) is 8.41. The first-order valence-electron chi connectivity index (χ1n) is 8.19. The van der Waals surface area contributed by atoms with Crippen LogP contribution in [0.3, 0.4) is 0 Å². The van der Waals surface area contributed by atoms with Crippen LogP contribution in [-0.4, -0.2) is 37.7 Å². The summed E-state index contributed by atoms with van der Waals surface area (Å²) in [5.74, 6) is 1.39. The Bertz CT molecular complexity index is 855. The average molecular weight is 358 g/mol. The number of aromatic nitrogens is 4. The fraction of sp³-hybridized carbons (Fsp3) is 0.278. The second-order valence-electron chi connectivity index (χ2n) is 6.08. The molecule has 0 spiro atoms. The van der Waals surface area contributed by atoms with Crippen LogP contribution >= 0.6 is 11.6 Å². The van der Waals surface area contributed by atoms with Crippen LogP contribution in [0.25, 0.3) is 11.4 Å². The zero-order chi connectivity index (χ0) is 17.2. The zero-order valence-corrected chi connectivity index (χ0v) is 14.3. The zero-order valence-electron chi connectivity index (χ0n) is 13.6. The number of hydrogen-bond acceptors (Lipinski definition) is 4. The Labute approximate surface area is 150 Å². The van der Waals surface area contributed by atoms with E-state index in [1.165, 1.54) is 12.1 Å². The summed E-state index contributed by atoms with van der Waals surface area (Å²) in [6.45, 7) is 3.16. The van der Waals surface area contributed by atoms with E-state index in [1.807, 2.05) is 16.8 Å². The van der Waals surface area contributed by atoms with Crippen molar-refractivity contribution in [3.63, 3.8) is 0 Å². The molecule has 1 aromatic carbocycles. The highest BCUT2D eigenvalue weighted by molar-refractivity contribution is 6.31.